The molecule has 22 heavy (non-hydrogen) atoms. The van der Waals surface area contributed by atoms with E-state index in [-0.39, 0.29) is 0 Å². The van der Waals surface area contributed by atoms with Crippen LogP contribution in [0.5, 0.6) is 5.75 Å². The minimum absolute atomic E-state index is 0.462. The molecule has 2 aromatic carbocycles. The van der Waals surface area contributed by atoms with Gasteiger partial charge in [-0.05, 0) is 36.2 Å². The quantitative estimate of drug-likeness (QED) is 0.401. The Balaban J connectivity index is 2.11. The first kappa shape index (κ1) is 14.5. The summed E-state index contributed by atoms with van der Waals surface area (Å²) >= 11 is 1.58. The number of carbonyl (C=O) groups excluding carboxylic acids is 1. The van der Waals surface area contributed by atoms with Gasteiger partial charge in [-0.2, -0.15) is 0 Å². The summed E-state index contributed by atoms with van der Waals surface area (Å²) in [7, 11) is 0. The van der Waals surface area contributed by atoms with Crippen molar-refractivity contribution in [3.05, 3.63) is 60.7 Å². The Kier molecular flexibility index (Phi) is 4.02. The fourth-order valence-electron chi connectivity index (χ4n) is 2.19. The van der Waals surface area contributed by atoms with Gasteiger partial charge in [-0.3, -0.25) is 0 Å². The van der Waals surface area contributed by atoms with Crippen molar-refractivity contribution in [3.8, 4) is 16.3 Å². The Morgan fingerprint density at radius 3 is 2.86 bits per heavy atom. The Morgan fingerprint density at radius 2 is 2.14 bits per heavy atom. The number of aromatic nitrogens is 1. The van der Waals surface area contributed by atoms with E-state index in [0.717, 1.165) is 32.8 Å². The number of para-hydroxylation sites is 1. The number of carbonyl (C=O) groups is 1. The molecule has 3 rings (SSSR count). The molecule has 0 fully saturated rings. The van der Waals surface area contributed by atoms with Crippen LogP contribution in [0.2, 0.25) is 0 Å². The number of ether oxygens (including phenoxy) is 1. The second-order valence-electron chi connectivity index (χ2n) is 4.80. The molecule has 0 saturated carbocycles. The smallest absolute Gasteiger partial charge is 0.335 e. The molecule has 0 aliphatic rings. The van der Waals surface area contributed by atoms with E-state index < -0.39 is 5.97 Å². The number of fused-ring (bicyclic) bond motifs is 1. The largest absolute Gasteiger partial charge is 0.423 e. The number of aryl methyl sites for hydroxylation is 1. The molecule has 0 atom stereocenters. The molecule has 0 spiro atoms. The molecule has 4 heteroatoms. The minimum Gasteiger partial charge on any atom is -0.423 e. The summed E-state index contributed by atoms with van der Waals surface area (Å²) in [4.78, 5) is 16.2. The average Bonchev–Trinajstić information content (AvgIpc) is 2.98. The first-order valence-corrected chi connectivity index (χ1v) is 7.86. The summed E-state index contributed by atoms with van der Waals surface area (Å²) in [6.07, 6.45) is 2.04. The molecular formula is C18H15NO2S. The molecule has 3 aromatic rings. The zero-order valence-electron chi connectivity index (χ0n) is 12.2. The maximum absolute atomic E-state index is 11.6. The monoisotopic (exact) mass is 309 g/mol. The van der Waals surface area contributed by atoms with Crippen molar-refractivity contribution < 1.29 is 9.53 Å². The van der Waals surface area contributed by atoms with Crippen LogP contribution in [-0.2, 0) is 11.2 Å². The van der Waals surface area contributed by atoms with Gasteiger partial charge < -0.3 is 4.74 Å². The van der Waals surface area contributed by atoms with Gasteiger partial charge in [0.25, 0.3) is 0 Å². The molecule has 1 heterocycles. The van der Waals surface area contributed by atoms with Crippen LogP contribution in [0, 0.1) is 0 Å². The maximum Gasteiger partial charge on any atom is 0.335 e. The number of thiazole rings is 1. The van der Waals surface area contributed by atoms with Gasteiger partial charge in [0.15, 0.2) is 0 Å². The van der Waals surface area contributed by atoms with Gasteiger partial charge in [0, 0.05) is 6.08 Å². The van der Waals surface area contributed by atoms with Gasteiger partial charge in [-0.25, -0.2) is 9.78 Å². The van der Waals surface area contributed by atoms with E-state index in [0.29, 0.717) is 5.75 Å². The molecule has 0 bridgehead atoms. The van der Waals surface area contributed by atoms with Crippen LogP contribution in [0.1, 0.15) is 12.5 Å². The Hall–Kier alpha value is -2.46. The number of hydrogen-bond donors (Lipinski definition) is 0. The molecule has 0 aliphatic heterocycles. The van der Waals surface area contributed by atoms with Gasteiger partial charge in [0.1, 0.15) is 10.8 Å². The summed E-state index contributed by atoms with van der Waals surface area (Å²) in [6.45, 7) is 5.51. The molecular weight excluding hydrogens is 294 g/mol. The molecule has 0 N–H and O–H groups in total. The summed E-state index contributed by atoms with van der Waals surface area (Å²) in [5, 5.41) is 0.843. The van der Waals surface area contributed by atoms with Crippen LogP contribution in [0.15, 0.2) is 55.1 Å². The highest BCUT2D eigenvalue weighted by Gasteiger charge is 2.14. The molecule has 0 unspecified atom stereocenters. The van der Waals surface area contributed by atoms with Gasteiger partial charge in [-0.15, -0.1) is 11.3 Å². The van der Waals surface area contributed by atoms with Gasteiger partial charge in [0.05, 0.1) is 15.8 Å². The minimum atomic E-state index is -0.462. The summed E-state index contributed by atoms with van der Waals surface area (Å²) in [5.41, 5.74) is 2.88. The van der Waals surface area contributed by atoms with Gasteiger partial charge in [0.2, 0.25) is 0 Å². The van der Waals surface area contributed by atoms with E-state index in [2.05, 4.69) is 18.5 Å². The first-order chi connectivity index (χ1) is 10.7. The Morgan fingerprint density at radius 1 is 1.32 bits per heavy atom. The number of rotatable bonds is 4. The lowest BCUT2D eigenvalue weighted by molar-refractivity contribution is -0.128. The zero-order chi connectivity index (χ0) is 15.5. The normalized spacial score (nSPS) is 10.6. The molecule has 0 amide bonds. The molecule has 0 aliphatic carbocycles. The summed E-state index contributed by atoms with van der Waals surface area (Å²) < 4.78 is 6.51. The first-order valence-electron chi connectivity index (χ1n) is 7.04. The lowest BCUT2D eigenvalue weighted by Crippen LogP contribution is -2.04. The van der Waals surface area contributed by atoms with Gasteiger partial charge >= 0.3 is 5.97 Å². The third kappa shape index (κ3) is 2.78. The van der Waals surface area contributed by atoms with Crippen LogP contribution < -0.4 is 4.74 Å². The van der Waals surface area contributed by atoms with Crippen molar-refractivity contribution in [1.29, 1.82) is 0 Å². The highest BCUT2D eigenvalue weighted by molar-refractivity contribution is 7.21. The lowest BCUT2D eigenvalue weighted by Gasteiger charge is -2.08. The lowest BCUT2D eigenvalue weighted by atomic mass is 10.1. The van der Waals surface area contributed by atoms with Gasteiger partial charge in [-0.1, -0.05) is 31.7 Å². The third-order valence-electron chi connectivity index (χ3n) is 3.36. The van der Waals surface area contributed by atoms with E-state index in [1.54, 1.807) is 11.3 Å². The van der Waals surface area contributed by atoms with E-state index in [1.807, 2.05) is 42.5 Å². The van der Waals surface area contributed by atoms with E-state index in [1.165, 1.54) is 6.08 Å². The van der Waals surface area contributed by atoms with Crippen molar-refractivity contribution in [1.82, 2.24) is 4.98 Å². The predicted molar refractivity (Wildman–Crippen MR) is 90.3 cm³/mol. The van der Waals surface area contributed by atoms with Crippen molar-refractivity contribution in [2.24, 2.45) is 0 Å². The fourth-order valence-corrected chi connectivity index (χ4v) is 3.18. The Labute approximate surface area is 132 Å². The van der Waals surface area contributed by atoms with E-state index in [9.17, 15) is 4.79 Å². The number of hydrogen-bond acceptors (Lipinski definition) is 4. The highest BCUT2D eigenvalue weighted by atomic mass is 32.1. The van der Waals surface area contributed by atoms with Crippen LogP contribution in [0.3, 0.4) is 0 Å². The van der Waals surface area contributed by atoms with Crippen LogP contribution >= 0.6 is 11.3 Å². The molecule has 3 nitrogen and oxygen atoms in total. The molecule has 0 radical (unpaired) electrons. The number of benzene rings is 2. The van der Waals surface area contributed by atoms with E-state index >= 15 is 0 Å². The number of nitrogens with zero attached hydrogens (tertiary/aromatic N) is 1. The molecule has 1 aromatic heterocycles. The summed E-state index contributed by atoms with van der Waals surface area (Å²) in [5.74, 6) is 0.0684. The summed E-state index contributed by atoms with van der Waals surface area (Å²) in [6, 6.07) is 13.9. The second-order valence-corrected chi connectivity index (χ2v) is 5.83. The van der Waals surface area contributed by atoms with Crippen LogP contribution in [-0.4, -0.2) is 11.0 Å². The molecule has 110 valence electrons. The predicted octanol–water partition coefficient (Wildman–Crippen LogP) is 4.62. The van der Waals surface area contributed by atoms with Crippen LogP contribution in [0.25, 0.3) is 20.8 Å². The number of esters is 1. The van der Waals surface area contributed by atoms with E-state index in [4.69, 9.17) is 4.74 Å². The zero-order valence-corrected chi connectivity index (χ0v) is 13.0. The topological polar surface area (TPSA) is 39.2 Å². The second kappa shape index (κ2) is 6.12. The fraction of sp³-hybridized carbons (Fsp3) is 0.111. The molecule has 0 saturated heterocycles. The highest BCUT2D eigenvalue weighted by Crippen LogP contribution is 2.36. The SMILES string of the molecule is C=CC(=O)Oc1cc(CC)ccc1-c1nc2ccccc2s1. The average molecular weight is 309 g/mol. The Bertz CT molecular complexity index is 818. The maximum atomic E-state index is 11.6. The van der Waals surface area contributed by atoms with Crippen molar-refractivity contribution >= 4 is 27.5 Å². The van der Waals surface area contributed by atoms with Crippen molar-refractivity contribution in [2.45, 2.75) is 13.3 Å². The van der Waals surface area contributed by atoms with Crippen LogP contribution in [0.4, 0.5) is 0 Å². The van der Waals surface area contributed by atoms with Crippen molar-refractivity contribution in [2.75, 3.05) is 0 Å². The van der Waals surface area contributed by atoms with Crippen molar-refractivity contribution in [3.63, 3.8) is 0 Å². The standard InChI is InChI=1S/C18H15NO2S/c1-3-12-9-10-13(15(11-12)21-17(20)4-2)18-19-14-7-5-6-8-16(14)22-18/h4-11H,2-3H2,1H3. The third-order valence-corrected chi connectivity index (χ3v) is 4.43.